The molecule has 1 aliphatic carbocycles. The number of halogens is 2. The predicted molar refractivity (Wildman–Crippen MR) is 224 cm³/mol. The third-order valence-corrected chi connectivity index (χ3v) is 16.5. The summed E-state index contributed by atoms with van der Waals surface area (Å²) in [6, 6.07) is 10.4. The maximum Gasteiger partial charge on any atom is 0.344 e. The van der Waals surface area contributed by atoms with Gasteiger partial charge >= 0.3 is 17.9 Å². The highest BCUT2D eigenvalue weighted by Crippen LogP contribution is 2.68. The molecular weight excluding hydrogens is 791 g/mol. The van der Waals surface area contributed by atoms with Gasteiger partial charge in [-0.05, 0) is 81.3 Å². The minimum absolute atomic E-state index is 0.157. The molecular formula is C46H58ClFN4O8. The van der Waals surface area contributed by atoms with E-state index in [1.54, 1.807) is 14.0 Å². The molecule has 13 atom stereocenters. The van der Waals surface area contributed by atoms with Crippen LogP contribution < -0.4 is 15.0 Å². The molecule has 4 fully saturated rings. The largest absolute Gasteiger partial charge is 0.496 e. The molecule has 0 aromatic heterocycles. The Morgan fingerprint density at radius 3 is 2.48 bits per heavy atom. The first kappa shape index (κ1) is 41.4. The summed E-state index contributed by atoms with van der Waals surface area (Å²) in [5.74, 6) is -1.98. The second-order valence-corrected chi connectivity index (χ2v) is 19.3. The van der Waals surface area contributed by atoms with Gasteiger partial charge in [0, 0.05) is 79.4 Å². The van der Waals surface area contributed by atoms with Gasteiger partial charge in [-0.2, -0.15) is 0 Å². The molecule has 7 aliphatic rings. The first-order valence-corrected chi connectivity index (χ1v) is 21.9. The Kier molecular flexibility index (Phi) is 9.89. The van der Waals surface area contributed by atoms with E-state index in [1.165, 1.54) is 21.1 Å². The van der Waals surface area contributed by atoms with Crippen LogP contribution in [-0.4, -0.2) is 135 Å². The number of piperidine rings is 1. The van der Waals surface area contributed by atoms with E-state index in [4.69, 9.17) is 30.5 Å². The third kappa shape index (κ3) is 5.33. The standard InChI is InChI=1S/C46H58ClFN4O8/c1-8-42-15-11-17-52-19-16-44(37(42)52)31-20-32(35(57-5)21-34(31)50(4)38(44)46(56,41(55)59-7)39(42)60-27(3)53)45(40(54)58-6)23-28-22-43(48,26(2)47)25-51(24-28)18-14-30-29-12-9-10-13-33(29)49-36(30)45/h9-13,15,20-21,26,28,30,36-39,49,56H,8,14,16-19,22-25H2,1-7H3/t26?,28?,30?,36?,37-,38+,39+,42+,43-,44+,45-,46+/m0/s1. The number of para-hydroxylation sites is 1. The molecule has 12 nitrogen and oxygen atoms in total. The van der Waals surface area contributed by atoms with Gasteiger partial charge in [0.2, 0.25) is 5.60 Å². The van der Waals surface area contributed by atoms with E-state index in [1.807, 2.05) is 55.3 Å². The number of ether oxygens (including phenoxy) is 4. The Bertz CT molecular complexity index is 2140. The number of fused-ring (bicyclic) bond motifs is 6. The number of nitrogens with zero attached hydrogens (tertiary/aromatic N) is 3. The predicted octanol–water partition coefficient (Wildman–Crippen LogP) is 5.08. The molecule has 324 valence electrons. The Balaban J connectivity index is 1.33. The highest BCUT2D eigenvalue weighted by atomic mass is 35.5. The van der Waals surface area contributed by atoms with Gasteiger partial charge in [0.1, 0.15) is 16.8 Å². The molecule has 6 aliphatic heterocycles. The summed E-state index contributed by atoms with van der Waals surface area (Å²) >= 11 is 6.66. The maximum atomic E-state index is 17.1. The molecule has 2 N–H and O–H groups in total. The lowest BCUT2D eigenvalue weighted by Crippen LogP contribution is -2.81. The Hall–Kier alpha value is -3.91. The van der Waals surface area contributed by atoms with E-state index in [2.05, 4.69) is 27.2 Å². The number of carbonyl (C=O) groups excluding carboxylic acids is 3. The second kappa shape index (κ2) is 14.3. The van der Waals surface area contributed by atoms with Crippen LogP contribution in [0.25, 0.3) is 0 Å². The summed E-state index contributed by atoms with van der Waals surface area (Å²) in [6.45, 7) is 7.71. The van der Waals surface area contributed by atoms with E-state index in [0.29, 0.717) is 56.8 Å². The summed E-state index contributed by atoms with van der Waals surface area (Å²) in [6.07, 6.45) is 4.86. The molecule has 0 radical (unpaired) electrons. The molecule has 9 rings (SSSR count). The van der Waals surface area contributed by atoms with Crippen LogP contribution in [0.3, 0.4) is 0 Å². The van der Waals surface area contributed by atoms with Gasteiger partial charge in [-0.25, -0.2) is 9.18 Å². The number of rotatable bonds is 7. The van der Waals surface area contributed by atoms with Gasteiger partial charge in [-0.15, -0.1) is 11.6 Å². The van der Waals surface area contributed by atoms with Crippen LogP contribution in [0.5, 0.6) is 5.75 Å². The maximum absolute atomic E-state index is 17.1. The number of esters is 3. The van der Waals surface area contributed by atoms with Crippen molar-refractivity contribution in [3.05, 3.63) is 65.2 Å². The highest BCUT2D eigenvalue weighted by Gasteiger charge is 2.80. The zero-order valence-electron chi connectivity index (χ0n) is 35.6. The Labute approximate surface area is 356 Å². The van der Waals surface area contributed by atoms with Crippen LogP contribution in [0.1, 0.15) is 75.5 Å². The zero-order valence-corrected chi connectivity index (χ0v) is 36.4. The first-order chi connectivity index (χ1) is 28.6. The molecule has 60 heavy (non-hydrogen) atoms. The second-order valence-electron chi connectivity index (χ2n) is 18.7. The number of methoxy groups -OCH3 is 3. The fraction of sp³-hybridized carbons (Fsp3) is 0.630. The number of nitrogens with one attached hydrogen (secondary N) is 1. The van der Waals surface area contributed by atoms with Crippen molar-refractivity contribution >= 4 is 40.9 Å². The van der Waals surface area contributed by atoms with Crippen molar-refractivity contribution in [2.24, 2.45) is 11.3 Å². The smallest absolute Gasteiger partial charge is 0.344 e. The average Bonchev–Trinajstić information content (AvgIpc) is 3.89. The number of hydrogen-bond acceptors (Lipinski definition) is 12. The quantitative estimate of drug-likeness (QED) is 0.167. The van der Waals surface area contributed by atoms with Crippen LogP contribution in [-0.2, 0) is 39.4 Å². The normalized spacial score (nSPS) is 40.2. The van der Waals surface area contributed by atoms with Crippen molar-refractivity contribution in [3.8, 4) is 5.75 Å². The highest BCUT2D eigenvalue weighted by molar-refractivity contribution is 6.21. The molecule has 2 aromatic rings. The van der Waals surface area contributed by atoms with Gasteiger partial charge in [-0.1, -0.05) is 37.3 Å². The summed E-state index contributed by atoms with van der Waals surface area (Å²) in [7, 11) is 6.09. The first-order valence-electron chi connectivity index (χ1n) is 21.5. The van der Waals surface area contributed by atoms with Gasteiger partial charge < -0.3 is 34.3 Å². The average molecular weight is 849 g/mol. The number of likely N-dealkylation sites (N-methyl/N-ethyl adjacent to an activating group) is 1. The number of hydrogen-bond donors (Lipinski definition) is 2. The Morgan fingerprint density at radius 1 is 1.05 bits per heavy atom. The molecule has 1 spiro atoms. The number of carbonyl (C=O) groups is 3. The number of aliphatic hydroxyl groups is 1. The third-order valence-electron chi connectivity index (χ3n) is 16.1. The van der Waals surface area contributed by atoms with E-state index < -0.39 is 69.0 Å². The topological polar surface area (TPSA) is 130 Å². The zero-order chi connectivity index (χ0) is 42.7. The SMILES string of the molecule is CC[C@]12C=CCN3CC[C@@]4(c5cc([C@@]6(C(=O)OC)CC7CN(CCC8c9ccccc9NC86)C[C@](F)(C(C)Cl)C7)c(OC)cc5N(C)[C@H]4[C@](O)(C(=O)OC)[C@@H]1OC(C)=O)[C@@H]32. The fourth-order valence-electron chi connectivity index (χ4n) is 14.0. The summed E-state index contributed by atoms with van der Waals surface area (Å²) < 4.78 is 41.0. The van der Waals surface area contributed by atoms with Crippen LogP contribution >= 0.6 is 11.6 Å². The van der Waals surface area contributed by atoms with Crippen molar-refractivity contribution in [1.29, 1.82) is 0 Å². The van der Waals surface area contributed by atoms with Gasteiger partial charge in [-0.3, -0.25) is 19.4 Å². The molecule has 3 saturated heterocycles. The van der Waals surface area contributed by atoms with E-state index >= 15 is 9.18 Å². The van der Waals surface area contributed by atoms with Crippen molar-refractivity contribution in [3.63, 3.8) is 0 Å². The number of benzene rings is 2. The van der Waals surface area contributed by atoms with E-state index in [0.717, 1.165) is 22.5 Å². The van der Waals surface area contributed by atoms with Crippen molar-refractivity contribution in [1.82, 2.24) is 9.80 Å². The van der Waals surface area contributed by atoms with Gasteiger partial charge in [0.25, 0.3) is 0 Å². The molecule has 1 saturated carbocycles. The minimum atomic E-state index is -2.32. The molecule has 2 bridgehead atoms. The number of alkyl halides is 2. The molecule has 5 unspecified atom stereocenters. The molecule has 0 amide bonds. The summed E-state index contributed by atoms with van der Waals surface area (Å²) in [4.78, 5) is 49.3. The van der Waals surface area contributed by atoms with E-state index in [9.17, 15) is 14.7 Å². The van der Waals surface area contributed by atoms with Crippen LogP contribution in [0.2, 0.25) is 0 Å². The molecule has 6 heterocycles. The summed E-state index contributed by atoms with van der Waals surface area (Å²) in [5, 5.41) is 16.4. The van der Waals surface area contributed by atoms with Crippen LogP contribution in [0, 0.1) is 11.3 Å². The van der Waals surface area contributed by atoms with E-state index in [-0.39, 0.29) is 37.3 Å². The summed E-state index contributed by atoms with van der Waals surface area (Å²) in [5.41, 5.74) is -3.16. The fourth-order valence-corrected chi connectivity index (χ4v) is 14.1. The minimum Gasteiger partial charge on any atom is -0.496 e. The van der Waals surface area contributed by atoms with Crippen molar-refractivity contribution in [2.75, 3.05) is 71.3 Å². The lowest BCUT2D eigenvalue weighted by atomic mass is 9.47. The van der Waals surface area contributed by atoms with Crippen molar-refractivity contribution < 1.29 is 42.8 Å². The van der Waals surface area contributed by atoms with Crippen LogP contribution in [0.15, 0.2) is 48.6 Å². The molecule has 14 heteroatoms. The lowest BCUT2D eigenvalue weighted by Gasteiger charge is -2.63. The monoisotopic (exact) mass is 848 g/mol. The number of anilines is 2. The van der Waals surface area contributed by atoms with Crippen molar-refractivity contribution in [2.45, 2.75) is 110 Å². The van der Waals surface area contributed by atoms with Gasteiger partial charge in [0.05, 0.1) is 38.8 Å². The van der Waals surface area contributed by atoms with Gasteiger partial charge in [0.15, 0.2) is 6.10 Å². The Morgan fingerprint density at radius 2 is 1.80 bits per heavy atom. The lowest BCUT2D eigenvalue weighted by molar-refractivity contribution is -0.228. The van der Waals surface area contributed by atoms with Crippen LogP contribution in [0.4, 0.5) is 15.8 Å². The molecule has 2 aromatic carbocycles.